The molecule has 2 aliphatic heterocycles. The highest BCUT2D eigenvalue weighted by Crippen LogP contribution is 2.30. The third-order valence-corrected chi connectivity index (χ3v) is 5.24. The molecule has 0 saturated heterocycles. The summed E-state index contributed by atoms with van der Waals surface area (Å²) in [4.78, 5) is 38.7. The van der Waals surface area contributed by atoms with Gasteiger partial charge in [0.1, 0.15) is 11.5 Å². The van der Waals surface area contributed by atoms with Crippen LogP contribution in [0.1, 0.15) is 34.3 Å². The molecule has 0 unspecified atom stereocenters. The average molecular weight is 409 g/mol. The summed E-state index contributed by atoms with van der Waals surface area (Å²) in [7, 11) is 1.32. The number of methoxy groups -OCH3 is 1. The van der Waals surface area contributed by atoms with Crippen molar-refractivity contribution < 1.29 is 23.5 Å². The van der Waals surface area contributed by atoms with Gasteiger partial charge < -0.3 is 9.64 Å². The molecule has 0 saturated carbocycles. The quantitative estimate of drug-likeness (QED) is 0.728. The number of hydrazone groups is 1. The predicted molar refractivity (Wildman–Crippen MR) is 107 cm³/mol. The zero-order chi connectivity index (χ0) is 21.3. The van der Waals surface area contributed by atoms with E-state index in [0.29, 0.717) is 24.2 Å². The first-order chi connectivity index (χ1) is 14.5. The summed E-state index contributed by atoms with van der Waals surface area (Å²) in [5.41, 5.74) is 3.10. The lowest BCUT2D eigenvalue weighted by molar-refractivity contribution is -0.132. The molecule has 0 aromatic heterocycles. The second kappa shape index (κ2) is 8.06. The maximum Gasteiger partial charge on any atom is 0.337 e. The van der Waals surface area contributed by atoms with Gasteiger partial charge in [0, 0.05) is 25.1 Å². The monoisotopic (exact) mass is 409 g/mol. The lowest BCUT2D eigenvalue weighted by Crippen LogP contribution is -2.40. The molecule has 2 aromatic carbocycles. The zero-order valence-corrected chi connectivity index (χ0v) is 16.4. The van der Waals surface area contributed by atoms with Gasteiger partial charge in [-0.25, -0.2) is 14.2 Å². The van der Waals surface area contributed by atoms with Crippen molar-refractivity contribution in [2.45, 2.75) is 25.8 Å². The maximum atomic E-state index is 13.1. The van der Waals surface area contributed by atoms with Crippen LogP contribution in [0.25, 0.3) is 0 Å². The van der Waals surface area contributed by atoms with Crippen LogP contribution in [0.5, 0.6) is 0 Å². The van der Waals surface area contributed by atoms with Gasteiger partial charge in [-0.1, -0.05) is 12.1 Å². The van der Waals surface area contributed by atoms with E-state index in [4.69, 9.17) is 4.74 Å². The normalized spacial score (nSPS) is 15.7. The number of halogens is 1. The smallest absolute Gasteiger partial charge is 0.337 e. The van der Waals surface area contributed by atoms with Crippen LogP contribution in [0.4, 0.5) is 10.1 Å². The van der Waals surface area contributed by atoms with Crippen molar-refractivity contribution in [2.24, 2.45) is 5.10 Å². The van der Waals surface area contributed by atoms with E-state index < -0.39 is 5.97 Å². The van der Waals surface area contributed by atoms with Crippen LogP contribution in [0.3, 0.4) is 0 Å². The largest absolute Gasteiger partial charge is 0.465 e. The SMILES string of the molecule is COC(=O)c1ccc2c(c1)CCN2C(=O)C1=NN(Cc2ccc(F)cc2)C(=O)CC1. The molecule has 0 fully saturated rings. The van der Waals surface area contributed by atoms with Crippen LogP contribution in [0.15, 0.2) is 47.6 Å². The fourth-order valence-corrected chi connectivity index (χ4v) is 3.66. The van der Waals surface area contributed by atoms with Gasteiger partial charge in [0.2, 0.25) is 5.91 Å². The molecule has 2 heterocycles. The number of esters is 1. The van der Waals surface area contributed by atoms with Crippen molar-refractivity contribution in [3.63, 3.8) is 0 Å². The van der Waals surface area contributed by atoms with Gasteiger partial charge in [0.15, 0.2) is 0 Å². The van der Waals surface area contributed by atoms with Gasteiger partial charge >= 0.3 is 5.97 Å². The molecule has 154 valence electrons. The molecular weight excluding hydrogens is 389 g/mol. The molecule has 0 N–H and O–H groups in total. The first-order valence-electron chi connectivity index (χ1n) is 9.61. The van der Waals surface area contributed by atoms with E-state index in [0.717, 1.165) is 16.8 Å². The van der Waals surface area contributed by atoms with Gasteiger partial charge in [-0.05, 0) is 47.9 Å². The third kappa shape index (κ3) is 3.80. The Morgan fingerprint density at radius 2 is 1.87 bits per heavy atom. The van der Waals surface area contributed by atoms with Gasteiger partial charge in [0.25, 0.3) is 5.91 Å². The van der Waals surface area contributed by atoms with E-state index in [9.17, 15) is 18.8 Å². The third-order valence-electron chi connectivity index (χ3n) is 5.24. The minimum Gasteiger partial charge on any atom is -0.465 e. The predicted octanol–water partition coefficient (Wildman–Crippen LogP) is 2.68. The van der Waals surface area contributed by atoms with E-state index >= 15 is 0 Å². The van der Waals surface area contributed by atoms with Crippen molar-refractivity contribution in [1.29, 1.82) is 0 Å². The van der Waals surface area contributed by atoms with E-state index in [1.807, 2.05) is 0 Å². The molecule has 2 aromatic rings. The molecule has 8 heteroatoms. The number of carbonyl (C=O) groups excluding carboxylic acids is 3. The van der Waals surface area contributed by atoms with E-state index in [-0.39, 0.29) is 37.0 Å². The number of hydrogen-bond donors (Lipinski definition) is 0. The second-order valence-corrected chi connectivity index (χ2v) is 7.17. The van der Waals surface area contributed by atoms with Gasteiger partial charge in [-0.3, -0.25) is 9.59 Å². The Kier molecular flexibility index (Phi) is 5.31. The highest BCUT2D eigenvalue weighted by atomic mass is 19.1. The Morgan fingerprint density at radius 3 is 2.60 bits per heavy atom. The summed E-state index contributed by atoms with van der Waals surface area (Å²) in [6, 6.07) is 10.9. The fraction of sp³-hybridized carbons (Fsp3) is 0.273. The minimum absolute atomic E-state index is 0.176. The maximum absolute atomic E-state index is 13.1. The van der Waals surface area contributed by atoms with Crippen molar-refractivity contribution in [2.75, 3.05) is 18.6 Å². The molecular formula is C22H20FN3O4. The molecule has 4 rings (SSSR count). The van der Waals surface area contributed by atoms with Crippen LogP contribution in [-0.2, 0) is 27.3 Å². The standard InChI is InChI=1S/C22H20FN3O4/c1-30-22(29)16-4-8-19-15(12-16)10-11-25(19)21(28)18-7-9-20(27)26(24-18)13-14-2-5-17(23)6-3-14/h2-6,8,12H,7,9-11,13H2,1H3. The summed E-state index contributed by atoms with van der Waals surface area (Å²) in [6.45, 7) is 0.651. The molecule has 0 bridgehead atoms. The average Bonchev–Trinajstić information content (AvgIpc) is 3.19. The van der Waals surface area contributed by atoms with Crippen LogP contribution in [0, 0.1) is 5.82 Å². The number of fused-ring (bicyclic) bond motifs is 1. The fourth-order valence-electron chi connectivity index (χ4n) is 3.66. The Labute approximate surface area is 172 Å². The zero-order valence-electron chi connectivity index (χ0n) is 16.4. The number of carbonyl (C=O) groups is 3. The van der Waals surface area contributed by atoms with Crippen LogP contribution < -0.4 is 4.90 Å². The van der Waals surface area contributed by atoms with Crippen molar-refractivity contribution in [3.05, 3.63) is 65.0 Å². The molecule has 30 heavy (non-hydrogen) atoms. The number of benzene rings is 2. The lowest BCUT2D eigenvalue weighted by atomic mass is 10.1. The summed E-state index contributed by atoms with van der Waals surface area (Å²) in [5.74, 6) is -1.21. The van der Waals surface area contributed by atoms with E-state index in [1.54, 1.807) is 35.2 Å². The first kappa shape index (κ1) is 19.8. The molecule has 0 aliphatic carbocycles. The molecule has 2 aliphatic rings. The Hall–Kier alpha value is -3.55. The summed E-state index contributed by atoms with van der Waals surface area (Å²) < 4.78 is 17.9. The van der Waals surface area contributed by atoms with Crippen molar-refractivity contribution in [1.82, 2.24) is 5.01 Å². The number of amides is 2. The van der Waals surface area contributed by atoms with Crippen LogP contribution in [0.2, 0.25) is 0 Å². The van der Waals surface area contributed by atoms with Gasteiger partial charge in [0.05, 0.1) is 19.2 Å². The van der Waals surface area contributed by atoms with E-state index in [1.165, 1.54) is 24.3 Å². The summed E-state index contributed by atoms with van der Waals surface area (Å²) in [5, 5.41) is 5.56. The molecule has 0 atom stereocenters. The van der Waals surface area contributed by atoms with Crippen molar-refractivity contribution in [3.8, 4) is 0 Å². The number of ether oxygens (including phenoxy) is 1. The Balaban J connectivity index is 1.54. The van der Waals surface area contributed by atoms with Gasteiger partial charge in [-0.15, -0.1) is 0 Å². The molecule has 0 spiro atoms. The molecule has 2 amide bonds. The van der Waals surface area contributed by atoms with Gasteiger partial charge in [-0.2, -0.15) is 5.10 Å². The second-order valence-electron chi connectivity index (χ2n) is 7.17. The van der Waals surface area contributed by atoms with Crippen molar-refractivity contribution >= 4 is 29.2 Å². The number of hydrogen-bond acceptors (Lipinski definition) is 5. The Morgan fingerprint density at radius 1 is 1.10 bits per heavy atom. The highest BCUT2D eigenvalue weighted by Gasteiger charge is 2.32. The lowest BCUT2D eigenvalue weighted by Gasteiger charge is -2.25. The first-order valence-corrected chi connectivity index (χ1v) is 9.61. The number of nitrogens with zero attached hydrogens (tertiary/aromatic N) is 3. The number of anilines is 1. The molecule has 0 radical (unpaired) electrons. The number of rotatable bonds is 4. The topological polar surface area (TPSA) is 79.3 Å². The summed E-state index contributed by atoms with van der Waals surface area (Å²) in [6.07, 6.45) is 1.08. The highest BCUT2D eigenvalue weighted by molar-refractivity contribution is 6.44. The minimum atomic E-state index is -0.422. The van der Waals surface area contributed by atoms with Crippen LogP contribution >= 0.6 is 0 Å². The van der Waals surface area contributed by atoms with E-state index in [2.05, 4.69) is 5.10 Å². The summed E-state index contributed by atoms with van der Waals surface area (Å²) >= 11 is 0. The van der Waals surface area contributed by atoms with Crippen LogP contribution in [-0.4, -0.2) is 42.2 Å². The Bertz CT molecular complexity index is 1050. The molecule has 7 nitrogen and oxygen atoms in total.